The zero-order chi connectivity index (χ0) is 14.7. The van der Waals surface area contributed by atoms with Crippen LogP contribution in [0.25, 0.3) is 0 Å². The second-order valence-electron chi connectivity index (χ2n) is 5.37. The molecule has 3 nitrogen and oxygen atoms in total. The van der Waals surface area contributed by atoms with Crippen LogP contribution in [0.15, 0.2) is 18.2 Å². The van der Waals surface area contributed by atoms with E-state index < -0.39 is 17.5 Å². The molecule has 1 aliphatic carbocycles. The van der Waals surface area contributed by atoms with Crippen molar-refractivity contribution in [2.45, 2.75) is 31.7 Å². The van der Waals surface area contributed by atoms with Crippen molar-refractivity contribution in [1.29, 1.82) is 0 Å². The van der Waals surface area contributed by atoms with Crippen molar-refractivity contribution in [2.75, 3.05) is 13.6 Å². The van der Waals surface area contributed by atoms with Crippen LogP contribution >= 0.6 is 0 Å². The third kappa shape index (κ3) is 2.82. The molecular weight excluding hydrogens is 262 g/mol. The highest BCUT2D eigenvalue weighted by Crippen LogP contribution is 2.28. The van der Waals surface area contributed by atoms with Gasteiger partial charge in [-0.15, -0.1) is 0 Å². The van der Waals surface area contributed by atoms with Crippen LogP contribution in [0.4, 0.5) is 8.78 Å². The molecule has 0 aromatic heterocycles. The van der Waals surface area contributed by atoms with Crippen molar-refractivity contribution in [2.24, 2.45) is 11.7 Å². The molecule has 0 saturated heterocycles. The van der Waals surface area contributed by atoms with E-state index in [9.17, 15) is 13.6 Å². The second kappa shape index (κ2) is 6.31. The molecule has 1 aromatic rings. The molecule has 5 heteroatoms. The topological polar surface area (TPSA) is 46.3 Å². The number of carbonyl (C=O) groups is 1. The van der Waals surface area contributed by atoms with Crippen LogP contribution in [-0.2, 0) is 0 Å². The third-order valence-electron chi connectivity index (χ3n) is 4.17. The number of amides is 1. The molecule has 2 atom stereocenters. The Balaban J connectivity index is 2.21. The van der Waals surface area contributed by atoms with Gasteiger partial charge in [0.2, 0.25) is 0 Å². The van der Waals surface area contributed by atoms with E-state index in [4.69, 9.17) is 5.73 Å². The first-order valence-electron chi connectivity index (χ1n) is 6.97. The Labute approximate surface area is 117 Å². The lowest BCUT2D eigenvalue weighted by atomic mass is 9.83. The SMILES string of the molecule is CN(C(=O)c1cccc(F)c1F)C1CCCCC1CN. The third-order valence-corrected chi connectivity index (χ3v) is 4.17. The Morgan fingerprint density at radius 1 is 1.35 bits per heavy atom. The summed E-state index contributed by atoms with van der Waals surface area (Å²) in [7, 11) is 1.64. The maximum absolute atomic E-state index is 13.7. The fraction of sp³-hybridized carbons (Fsp3) is 0.533. The van der Waals surface area contributed by atoms with Crippen molar-refractivity contribution in [1.82, 2.24) is 4.90 Å². The van der Waals surface area contributed by atoms with Gasteiger partial charge >= 0.3 is 0 Å². The summed E-state index contributed by atoms with van der Waals surface area (Å²) in [5, 5.41) is 0. The number of rotatable bonds is 3. The monoisotopic (exact) mass is 282 g/mol. The Bertz CT molecular complexity index is 493. The van der Waals surface area contributed by atoms with E-state index in [-0.39, 0.29) is 17.5 Å². The Kier molecular flexibility index (Phi) is 4.70. The van der Waals surface area contributed by atoms with Gasteiger partial charge < -0.3 is 10.6 Å². The highest BCUT2D eigenvalue weighted by molar-refractivity contribution is 5.94. The number of hydrogen-bond acceptors (Lipinski definition) is 2. The molecule has 20 heavy (non-hydrogen) atoms. The average molecular weight is 282 g/mol. The Morgan fingerprint density at radius 3 is 2.75 bits per heavy atom. The van der Waals surface area contributed by atoms with Crippen LogP contribution in [-0.4, -0.2) is 30.4 Å². The van der Waals surface area contributed by atoms with Gasteiger partial charge in [-0.05, 0) is 37.4 Å². The number of halogens is 2. The van der Waals surface area contributed by atoms with Gasteiger partial charge in [0.25, 0.3) is 5.91 Å². The van der Waals surface area contributed by atoms with E-state index in [1.54, 1.807) is 7.05 Å². The molecule has 0 heterocycles. The van der Waals surface area contributed by atoms with Gasteiger partial charge in [-0.25, -0.2) is 8.78 Å². The van der Waals surface area contributed by atoms with Crippen LogP contribution in [0, 0.1) is 17.6 Å². The van der Waals surface area contributed by atoms with Gasteiger partial charge in [-0.2, -0.15) is 0 Å². The van der Waals surface area contributed by atoms with Gasteiger partial charge in [0.15, 0.2) is 11.6 Å². The molecule has 110 valence electrons. The Hall–Kier alpha value is -1.49. The molecular formula is C15H20F2N2O. The summed E-state index contributed by atoms with van der Waals surface area (Å²) in [5.41, 5.74) is 5.54. The van der Waals surface area contributed by atoms with Gasteiger partial charge in [0.1, 0.15) is 0 Å². The number of nitrogens with two attached hydrogens (primary N) is 1. The zero-order valence-corrected chi connectivity index (χ0v) is 11.6. The maximum atomic E-state index is 13.7. The van der Waals surface area contributed by atoms with Crippen LogP contribution in [0.2, 0.25) is 0 Å². The van der Waals surface area contributed by atoms with Crippen molar-refractivity contribution in [3.05, 3.63) is 35.4 Å². The summed E-state index contributed by atoms with van der Waals surface area (Å²) in [6.45, 7) is 0.508. The summed E-state index contributed by atoms with van der Waals surface area (Å²) >= 11 is 0. The Morgan fingerprint density at radius 2 is 2.05 bits per heavy atom. The molecule has 2 rings (SSSR count). The summed E-state index contributed by atoms with van der Waals surface area (Å²) in [6.07, 6.45) is 3.98. The van der Waals surface area contributed by atoms with Crippen molar-refractivity contribution in [3.63, 3.8) is 0 Å². The minimum atomic E-state index is -1.08. The number of nitrogens with zero attached hydrogens (tertiary/aromatic N) is 1. The first-order chi connectivity index (χ1) is 9.56. The normalized spacial score (nSPS) is 22.6. The van der Waals surface area contributed by atoms with Crippen molar-refractivity contribution < 1.29 is 13.6 Å². The predicted octanol–water partition coefficient (Wildman–Crippen LogP) is 2.55. The summed E-state index contributed by atoms with van der Waals surface area (Å²) < 4.78 is 26.9. The standard InChI is InChI=1S/C15H20F2N2O/c1-19(13-8-3-2-5-10(13)9-18)15(20)11-6-4-7-12(16)14(11)17/h4,6-7,10,13H,2-3,5,8-9,18H2,1H3. The summed E-state index contributed by atoms with van der Waals surface area (Å²) in [5.74, 6) is -2.32. The quantitative estimate of drug-likeness (QED) is 0.926. The van der Waals surface area contributed by atoms with Crippen LogP contribution < -0.4 is 5.73 Å². The molecule has 2 unspecified atom stereocenters. The largest absolute Gasteiger partial charge is 0.338 e. The van der Waals surface area contributed by atoms with E-state index in [0.717, 1.165) is 31.7 Å². The zero-order valence-electron chi connectivity index (χ0n) is 11.6. The van der Waals surface area contributed by atoms with Crippen LogP contribution in [0.1, 0.15) is 36.0 Å². The smallest absolute Gasteiger partial charge is 0.256 e. The van der Waals surface area contributed by atoms with Gasteiger partial charge in [0.05, 0.1) is 5.56 Å². The number of hydrogen-bond donors (Lipinski definition) is 1. The summed E-state index contributed by atoms with van der Waals surface area (Å²) in [6, 6.07) is 3.68. The van der Waals surface area contributed by atoms with Gasteiger partial charge in [-0.3, -0.25) is 4.79 Å². The molecule has 1 saturated carbocycles. The molecule has 1 aliphatic rings. The first-order valence-corrected chi connectivity index (χ1v) is 6.97. The molecule has 0 aliphatic heterocycles. The fourth-order valence-electron chi connectivity index (χ4n) is 2.98. The lowest BCUT2D eigenvalue weighted by Crippen LogP contribution is -2.46. The van der Waals surface area contributed by atoms with Crippen LogP contribution in [0.3, 0.4) is 0 Å². The van der Waals surface area contributed by atoms with E-state index in [1.807, 2.05) is 0 Å². The van der Waals surface area contributed by atoms with Crippen molar-refractivity contribution in [3.8, 4) is 0 Å². The highest BCUT2D eigenvalue weighted by atomic mass is 19.2. The molecule has 0 bridgehead atoms. The van der Waals surface area contributed by atoms with E-state index >= 15 is 0 Å². The summed E-state index contributed by atoms with van der Waals surface area (Å²) in [4.78, 5) is 13.9. The number of carbonyl (C=O) groups excluding carboxylic acids is 1. The second-order valence-corrected chi connectivity index (χ2v) is 5.37. The van der Waals surface area contributed by atoms with Gasteiger partial charge in [-0.1, -0.05) is 18.9 Å². The number of benzene rings is 1. The van der Waals surface area contributed by atoms with E-state index in [1.165, 1.54) is 17.0 Å². The lowest BCUT2D eigenvalue weighted by Gasteiger charge is -2.37. The lowest BCUT2D eigenvalue weighted by molar-refractivity contribution is 0.0614. The molecule has 0 spiro atoms. The minimum Gasteiger partial charge on any atom is -0.338 e. The van der Waals surface area contributed by atoms with Crippen LogP contribution in [0.5, 0.6) is 0 Å². The van der Waals surface area contributed by atoms with Gasteiger partial charge in [0, 0.05) is 13.1 Å². The van der Waals surface area contributed by atoms with E-state index in [0.29, 0.717) is 6.54 Å². The molecule has 1 amide bonds. The molecule has 0 radical (unpaired) electrons. The molecule has 1 fully saturated rings. The molecule has 2 N–H and O–H groups in total. The average Bonchev–Trinajstić information content (AvgIpc) is 2.48. The maximum Gasteiger partial charge on any atom is 0.256 e. The highest BCUT2D eigenvalue weighted by Gasteiger charge is 2.31. The first kappa shape index (κ1) is 14.9. The molecule has 1 aromatic carbocycles. The fourth-order valence-corrected chi connectivity index (χ4v) is 2.98. The minimum absolute atomic E-state index is 0.00363. The van der Waals surface area contributed by atoms with E-state index in [2.05, 4.69) is 0 Å². The van der Waals surface area contributed by atoms with Crippen molar-refractivity contribution >= 4 is 5.91 Å². The predicted molar refractivity (Wildman–Crippen MR) is 73.3 cm³/mol.